The third-order valence-electron chi connectivity index (χ3n) is 2.06. The summed E-state index contributed by atoms with van der Waals surface area (Å²) in [5.74, 6) is -5.97. The van der Waals surface area contributed by atoms with Gasteiger partial charge in [-0.3, -0.25) is 0 Å². The molecule has 0 amide bonds. The van der Waals surface area contributed by atoms with E-state index in [-0.39, 0.29) is 12.0 Å². The minimum atomic E-state index is -1.50. The second-order valence-corrected chi connectivity index (χ2v) is 3.38. The van der Waals surface area contributed by atoms with Gasteiger partial charge in [0.2, 0.25) is 5.95 Å². The number of benzene rings is 1. The van der Waals surface area contributed by atoms with E-state index in [0.717, 1.165) is 0 Å². The SMILES string of the molecule is Cc1cnc(Nc2c(F)c(F)cc(F)c2F)[nH]1. The smallest absolute Gasteiger partial charge is 0.204 e. The van der Waals surface area contributed by atoms with Crippen LogP contribution in [-0.2, 0) is 0 Å². The molecule has 1 heterocycles. The van der Waals surface area contributed by atoms with Gasteiger partial charge in [-0.25, -0.2) is 22.5 Å². The predicted octanol–water partition coefficient (Wildman–Crippen LogP) is 3.02. The van der Waals surface area contributed by atoms with E-state index in [9.17, 15) is 17.6 Å². The Bertz CT molecular complexity index is 539. The standard InChI is InChI=1S/C10H7F4N3/c1-4-3-15-10(16-4)17-9-7(13)5(11)2-6(12)8(9)14/h2-3H,1H3,(H2,15,16,17). The molecule has 0 unspecified atom stereocenters. The molecule has 17 heavy (non-hydrogen) atoms. The Hall–Kier alpha value is -2.05. The highest BCUT2D eigenvalue weighted by Crippen LogP contribution is 2.26. The van der Waals surface area contributed by atoms with Crippen molar-refractivity contribution in [3.8, 4) is 0 Å². The van der Waals surface area contributed by atoms with Crippen molar-refractivity contribution in [3.63, 3.8) is 0 Å². The van der Waals surface area contributed by atoms with Crippen LogP contribution in [0.1, 0.15) is 5.69 Å². The molecule has 0 saturated heterocycles. The molecule has 0 aliphatic heterocycles. The van der Waals surface area contributed by atoms with Gasteiger partial charge in [0.25, 0.3) is 0 Å². The van der Waals surface area contributed by atoms with Crippen molar-refractivity contribution in [1.82, 2.24) is 9.97 Å². The molecule has 3 nitrogen and oxygen atoms in total. The third kappa shape index (κ3) is 2.08. The van der Waals surface area contributed by atoms with E-state index in [4.69, 9.17) is 0 Å². The summed E-state index contributed by atoms with van der Waals surface area (Å²) in [7, 11) is 0. The molecular formula is C10H7F4N3. The Morgan fingerprint density at radius 2 is 1.71 bits per heavy atom. The summed E-state index contributed by atoms with van der Waals surface area (Å²) in [5, 5.41) is 2.15. The van der Waals surface area contributed by atoms with E-state index in [0.29, 0.717) is 5.69 Å². The molecule has 1 aromatic heterocycles. The van der Waals surface area contributed by atoms with Gasteiger partial charge in [0, 0.05) is 18.0 Å². The highest BCUT2D eigenvalue weighted by Gasteiger charge is 2.19. The van der Waals surface area contributed by atoms with Gasteiger partial charge in [0.05, 0.1) is 0 Å². The number of nitrogens with zero attached hydrogens (tertiary/aromatic N) is 1. The van der Waals surface area contributed by atoms with Crippen LogP contribution in [0.4, 0.5) is 29.2 Å². The maximum Gasteiger partial charge on any atom is 0.204 e. The summed E-state index contributed by atoms with van der Waals surface area (Å²) in [4.78, 5) is 6.33. The molecule has 0 saturated carbocycles. The monoisotopic (exact) mass is 245 g/mol. The van der Waals surface area contributed by atoms with Crippen LogP contribution in [0.5, 0.6) is 0 Å². The van der Waals surface area contributed by atoms with E-state index in [1.165, 1.54) is 6.20 Å². The predicted molar refractivity (Wildman–Crippen MR) is 52.9 cm³/mol. The number of rotatable bonds is 2. The second-order valence-electron chi connectivity index (χ2n) is 3.38. The first kappa shape index (κ1) is 11.4. The van der Waals surface area contributed by atoms with Gasteiger partial charge >= 0.3 is 0 Å². The Kier molecular flexibility index (Phi) is 2.74. The van der Waals surface area contributed by atoms with Gasteiger partial charge in [-0.2, -0.15) is 0 Å². The molecule has 2 aromatic rings. The maximum absolute atomic E-state index is 13.2. The fourth-order valence-corrected chi connectivity index (χ4v) is 1.28. The summed E-state index contributed by atoms with van der Waals surface area (Å²) in [6.07, 6.45) is 1.40. The fraction of sp³-hybridized carbons (Fsp3) is 0.100. The number of nitrogens with one attached hydrogen (secondary N) is 2. The number of aryl methyl sites for hydroxylation is 1. The van der Waals surface area contributed by atoms with Crippen LogP contribution in [0.2, 0.25) is 0 Å². The highest BCUT2D eigenvalue weighted by atomic mass is 19.2. The Morgan fingerprint density at radius 3 is 2.18 bits per heavy atom. The number of hydrogen-bond donors (Lipinski definition) is 2. The molecule has 0 bridgehead atoms. The zero-order valence-corrected chi connectivity index (χ0v) is 8.61. The number of halogens is 4. The Labute approximate surface area is 93.5 Å². The normalized spacial score (nSPS) is 10.6. The molecule has 0 radical (unpaired) electrons. The van der Waals surface area contributed by atoms with Crippen LogP contribution in [-0.4, -0.2) is 9.97 Å². The molecule has 1 aromatic carbocycles. The average molecular weight is 245 g/mol. The number of aromatic amines is 1. The molecule has 0 aliphatic rings. The highest BCUT2D eigenvalue weighted by molar-refractivity contribution is 5.55. The van der Waals surface area contributed by atoms with Crippen LogP contribution in [0.15, 0.2) is 12.3 Å². The fourth-order valence-electron chi connectivity index (χ4n) is 1.28. The zero-order valence-electron chi connectivity index (χ0n) is 8.61. The number of aromatic nitrogens is 2. The Morgan fingerprint density at radius 1 is 1.12 bits per heavy atom. The van der Waals surface area contributed by atoms with Crippen molar-refractivity contribution >= 4 is 11.6 Å². The molecule has 90 valence electrons. The molecule has 0 spiro atoms. The largest absolute Gasteiger partial charge is 0.328 e. The molecule has 0 fully saturated rings. The molecule has 0 atom stereocenters. The number of imidazole rings is 1. The lowest BCUT2D eigenvalue weighted by atomic mass is 10.2. The number of anilines is 2. The van der Waals surface area contributed by atoms with Crippen molar-refractivity contribution in [2.75, 3.05) is 5.32 Å². The summed E-state index contributed by atoms with van der Waals surface area (Å²) < 4.78 is 52.2. The van der Waals surface area contributed by atoms with E-state index in [1.54, 1.807) is 6.92 Å². The van der Waals surface area contributed by atoms with E-state index in [1.807, 2.05) is 0 Å². The van der Waals surface area contributed by atoms with Gasteiger partial charge in [0.15, 0.2) is 23.3 Å². The van der Waals surface area contributed by atoms with Gasteiger partial charge in [-0.1, -0.05) is 0 Å². The van der Waals surface area contributed by atoms with Gasteiger partial charge < -0.3 is 10.3 Å². The van der Waals surface area contributed by atoms with Crippen LogP contribution in [0.25, 0.3) is 0 Å². The van der Waals surface area contributed by atoms with Crippen molar-refractivity contribution in [3.05, 3.63) is 41.2 Å². The summed E-state index contributed by atoms with van der Waals surface area (Å²) >= 11 is 0. The van der Waals surface area contributed by atoms with E-state index in [2.05, 4.69) is 15.3 Å². The lowest BCUT2D eigenvalue weighted by Crippen LogP contribution is -2.03. The van der Waals surface area contributed by atoms with Crippen LogP contribution >= 0.6 is 0 Å². The number of hydrogen-bond acceptors (Lipinski definition) is 2. The van der Waals surface area contributed by atoms with E-state index < -0.39 is 29.0 Å². The summed E-state index contributed by atoms with van der Waals surface area (Å²) in [5.41, 5.74) is -0.290. The minimum absolute atomic E-state index is 0.00898. The molecule has 7 heteroatoms. The Balaban J connectivity index is 2.45. The maximum atomic E-state index is 13.2. The first-order chi connectivity index (χ1) is 7.99. The molecule has 0 aliphatic carbocycles. The lowest BCUT2D eigenvalue weighted by molar-refractivity contribution is 0.459. The summed E-state index contributed by atoms with van der Waals surface area (Å²) in [6, 6.07) is 0.142. The first-order valence-corrected chi connectivity index (χ1v) is 4.60. The molecular weight excluding hydrogens is 238 g/mol. The summed E-state index contributed by atoms with van der Waals surface area (Å²) in [6.45, 7) is 1.66. The van der Waals surface area contributed by atoms with Crippen molar-refractivity contribution < 1.29 is 17.6 Å². The first-order valence-electron chi connectivity index (χ1n) is 4.60. The molecule has 2 rings (SSSR count). The van der Waals surface area contributed by atoms with Crippen LogP contribution in [0.3, 0.4) is 0 Å². The van der Waals surface area contributed by atoms with Crippen molar-refractivity contribution in [2.24, 2.45) is 0 Å². The van der Waals surface area contributed by atoms with Crippen molar-refractivity contribution in [1.29, 1.82) is 0 Å². The lowest BCUT2D eigenvalue weighted by Gasteiger charge is -2.07. The third-order valence-corrected chi connectivity index (χ3v) is 2.06. The van der Waals surface area contributed by atoms with E-state index >= 15 is 0 Å². The van der Waals surface area contributed by atoms with Gasteiger partial charge in [0.1, 0.15) is 5.69 Å². The second kappa shape index (κ2) is 4.08. The quantitative estimate of drug-likeness (QED) is 0.630. The zero-order chi connectivity index (χ0) is 12.6. The minimum Gasteiger partial charge on any atom is -0.328 e. The van der Waals surface area contributed by atoms with Crippen LogP contribution < -0.4 is 5.32 Å². The van der Waals surface area contributed by atoms with Crippen molar-refractivity contribution in [2.45, 2.75) is 6.92 Å². The van der Waals surface area contributed by atoms with Gasteiger partial charge in [-0.15, -0.1) is 0 Å². The average Bonchev–Trinajstić information content (AvgIpc) is 2.68. The van der Waals surface area contributed by atoms with Crippen LogP contribution in [0, 0.1) is 30.2 Å². The van der Waals surface area contributed by atoms with Gasteiger partial charge in [-0.05, 0) is 6.92 Å². The number of H-pyrrole nitrogens is 1. The molecule has 2 N–H and O–H groups in total. The topological polar surface area (TPSA) is 40.7 Å².